The van der Waals surface area contributed by atoms with E-state index in [9.17, 15) is 14.0 Å². The third-order valence-corrected chi connectivity index (χ3v) is 2.30. The highest BCUT2D eigenvalue weighted by Crippen LogP contribution is 2.25. The van der Waals surface area contributed by atoms with Gasteiger partial charge in [-0.3, -0.25) is 9.59 Å². The van der Waals surface area contributed by atoms with E-state index in [1.165, 1.54) is 13.0 Å². The van der Waals surface area contributed by atoms with Crippen molar-refractivity contribution in [3.05, 3.63) is 28.5 Å². The summed E-state index contributed by atoms with van der Waals surface area (Å²) in [7, 11) is 0. The van der Waals surface area contributed by atoms with E-state index in [1.807, 2.05) is 0 Å². The van der Waals surface area contributed by atoms with Crippen LogP contribution in [0.2, 0.25) is 5.02 Å². The summed E-state index contributed by atoms with van der Waals surface area (Å²) in [5.74, 6) is -1.04. The number of hydrogen-bond donors (Lipinski definition) is 2. The number of carbonyl (C=O) groups excluding carboxylic acids is 2. The van der Waals surface area contributed by atoms with Crippen molar-refractivity contribution in [2.75, 3.05) is 5.32 Å². The van der Waals surface area contributed by atoms with Crippen molar-refractivity contribution in [3.63, 3.8) is 0 Å². The summed E-state index contributed by atoms with van der Waals surface area (Å²) in [6, 6.07) is 2.38. The maximum atomic E-state index is 13.3. The first-order valence-corrected chi connectivity index (χ1v) is 5.20. The van der Waals surface area contributed by atoms with Crippen LogP contribution >= 0.6 is 24.2 Å². The molecule has 1 N–H and O–H groups in total. The highest BCUT2D eigenvalue weighted by molar-refractivity contribution is 7.96. The lowest BCUT2D eigenvalue weighted by Crippen LogP contribution is -2.08. The van der Waals surface area contributed by atoms with Crippen LogP contribution < -0.4 is 5.32 Å². The van der Waals surface area contributed by atoms with E-state index < -0.39 is 11.7 Å². The number of benzene rings is 1. The van der Waals surface area contributed by atoms with E-state index in [0.717, 1.165) is 6.07 Å². The predicted octanol–water partition coefficient (Wildman–Crippen LogP) is 2.44. The smallest absolute Gasteiger partial charge is 0.221 e. The van der Waals surface area contributed by atoms with E-state index in [-0.39, 0.29) is 22.2 Å². The first-order chi connectivity index (χ1) is 7.40. The fourth-order valence-corrected chi connectivity index (χ4v) is 1.57. The zero-order chi connectivity index (χ0) is 12.3. The third-order valence-electron chi connectivity index (χ3n) is 1.79. The molecule has 0 unspecified atom stereocenters. The number of hydrogen-bond acceptors (Lipinski definition) is 2. The molecule has 0 heterocycles. The Bertz CT molecular complexity index is 413. The Balaban J connectivity index is 3.10. The number of halogens is 2. The van der Waals surface area contributed by atoms with Gasteiger partial charge >= 0.3 is 0 Å². The van der Waals surface area contributed by atoms with Gasteiger partial charge in [0.15, 0.2) is 5.12 Å². The van der Waals surface area contributed by atoms with Gasteiger partial charge in [-0.2, -0.15) is 0 Å². The van der Waals surface area contributed by atoms with E-state index in [4.69, 9.17) is 11.6 Å². The maximum Gasteiger partial charge on any atom is 0.221 e. The van der Waals surface area contributed by atoms with Gasteiger partial charge < -0.3 is 5.32 Å². The number of anilines is 1. The molecule has 0 bridgehead atoms. The van der Waals surface area contributed by atoms with Gasteiger partial charge in [-0.25, -0.2) is 4.39 Å². The normalized spacial score (nSPS) is 10.0. The Morgan fingerprint density at radius 1 is 1.50 bits per heavy atom. The minimum Gasteiger partial charge on any atom is -0.324 e. The van der Waals surface area contributed by atoms with Crippen molar-refractivity contribution in [2.45, 2.75) is 13.3 Å². The molecule has 0 saturated heterocycles. The van der Waals surface area contributed by atoms with Crippen molar-refractivity contribution in [1.82, 2.24) is 0 Å². The third kappa shape index (κ3) is 3.50. The minimum atomic E-state index is -0.643. The number of amides is 1. The van der Waals surface area contributed by atoms with Crippen molar-refractivity contribution >= 4 is 40.9 Å². The predicted molar refractivity (Wildman–Crippen MR) is 63.4 cm³/mol. The summed E-state index contributed by atoms with van der Waals surface area (Å²) >= 11 is 9.35. The standard InChI is InChI=1S/C10H9ClFNO2S/c1-5(14)13-9-2-6(3-10(15)16)7(11)4-8(9)12/h2,4H,3H2,1H3,(H,13,14)(H,15,16). The molecule has 86 valence electrons. The molecular formula is C10H9ClFNO2S. The van der Waals surface area contributed by atoms with Gasteiger partial charge in [-0.15, -0.1) is 12.6 Å². The van der Waals surface area contributed by atoms with Crippen LogP contribution in [0.1, 0.15) is 12.5 Å². The summed E-state index contributed by atoms with van der Waals surface area (Å²) in [6.07, 6.45) is -0.0190. The summed E-state index contributed by atoms with van der Waals surface area (Å²) in [5, 5.41) is 2.05. The van der Waals surface area contributed by atoms with Gasteiger partial charge in [0, 0.05) is 18.4 Å². The largest absolute Gasteiger partial charge is 0.324 e. The van der Waals surface area contributed by atoms with Gasteiger partial charge in [0.2, 0.25) is 5.91 Å². The minimum absolute atomic E-state index is 0.00137. The van der Waals surface area contributed by atoms with Crippen LogP contribution in [0.15, 0.2) is 12.1 Å². The van der Waals surface area contributed by atoms with Crippen LogP contribution in [0.25, 0.3) is 0 Å². The van der Waals surface area contributed by atoms with Gasteiger partial charge in [0.25, 0.3) is 0 Å². The number of nitrogens with one attached hydrogen (secondary N) is 1. The molecule has 0 aliphatic heterocycles. The Labute approximate surface area is 102 Å². The lowest BCUT2D eigenvalue weighted by Gasteiger charge is -2.08. The average Bonchev–Trinajstić information content (AvgIpc) is 2.11. The van der Waals surface area contributed by atoms with Crippen LogP contribution in [0.3, 0.4) is 0 Å². The quantitative estimate of drug-likeness (QED) is 0.821. The fourth-order valence-electron chi connectivity index (χ4n) is 1.18. The molecule has 0 atom stereocenters. The molecule has 1 amide bonds. The van der Waals surface area contributed by atoms with Crippen molar-refractivity contribution in [2.24, 2.45) is 0 Å². The number of rotatable bonds is 3. The summed E-state index contributed by atoms with van der Waals surface area (Å²) in [5.41, 5.74) is 0.424. The Hall–Kier alpha value is -1.07. The van der Waals surface area contributed by atoms with Crippen molar-refractivity contribution < 1.29 is 14.0 Å². The average molecular weight is 262 g/mol. The molecule has 0 aliphatic rings. The van der Waals surface area contributed by atoms with Crippen LogP contribution in [0.4, 0.5) is 10.1 Å². The fraction of sp³-hybridized carbons (Fsp3) is 0.200. The van der Waals surface area contributed by atoms with Gasteiger partial charge in [0.05, 0.1) is 5.69 Å². The second kappa shape index (κ2) is 5.32. The summed E-state index contributed by atoms with van der Waals surface area (Å²) in [4.78, 5) is 21.6. The monoisotopic (exact) mass is 261 g/mol. The van der Waals surface area contributed by atoms with E-state index in [1.54, 1.807) is 0 Å². The maximum absolute atomic E-state index is 13.3. The Morgan fingerprint density at radius 3 is 2.62 bits per heavy atom. The summed E-state index contributed by atoms with van der Waals surface area (Å²) in [6.45, 7) is 1.26. The lowest BCUT2D eigenvalue weighted by atomic mass is 10.1. The molecule has 16 heavy (non-hydrogen) atoms. The molecular weight excluding hydrogens is 253 g/mol. The summed E-state index contributed by atoms with van der Waals surface area (Å²) < 4.78 is 13.3. The van der Waals surface area contributed by atoms with Gasteiger partial charge in [0.1, 0.15) is 5.82 Å². The first kappa shape index (κ1) is 13.0. The molecule has 0 aromatic heterocycles. The van der Waals surface area contributed by atoms with E-state index in [0.29, 0.717) is 5.56 Å². The molecule has 3 nitrogen and oxygen atoms in total. The van der Waals surface area contributed by atoms with Crippen LogP contribution in [-0.4, -0.2) is 11.0 Å². The molecule has 0 saturated carbocycles. The topological polar surface area (TPSA) is 46.2 Å². The molecule has 0 fully saturated rings. The van der Waals surface area contributed by atoms with Crippen LogP contribution in [0.5, 0.6) is 0 Å². The first-order valence-electron chi connectivity index (χ1n) is 4.37. The lowest BCUT2D eigenvalue weighted by molar-refractivity contribution is -0.114. The SMILES string of the molecule is CC(=O)Nc1cc(CC(=O)S)c(Cl)cc1F. The molecule has 0 spiro atoms. The molecule has 6 heteroatoms. The Kier molecular flexibility index (Phi) is 4.32. The zero-order valence-corrected chi connectivity index (χ0v) is 10.0. The van der Waals surface area contributed by atoms with Gasteiger partial charge in [-0.05, 0) is 17.7 Å². The van der Waals surface area contributed by atoms with E-state index >= 15 is 0 Å². The number of thiol groups is 1. The molecule has 0 radical (unpaired) electrons. The highest BCUT2D eigenvalue weighted by Gasteiger charge is 2.11. The van der Waals surface area contributed by atoms with Crippen molar-refractivity contribution in [3.8, 4) is 0 Å². The zero-order valence-electron chi connectivity index (χ0n) is 8.38. The van der Waals surface area contributed by atoms with Crippen LogP contribution in [-0.2, 0) is 16.0 Å². The Morgan fingerprint density at radius 2 is 2.12 bits per heavy atom. The highest BCUT2D eigenvalue weighted by atomic mass is 35.5. The molecule has 1 aromatic rings. The van der Waals surface area contributed by atoms with E-state index in [2.05, 4.69) is 17.9 Å². The molecule has 1 aromatic carbocycles. The molecule has 1 rings (SSSR count). The van der Waals surface area contributed by atoms with Crippen molar-refractivity contribution in [1.29, 1.82) is 0 Å². The second-order valence-corrected chi connectivity index (χ2v) is 4.08. The second-order valence-electron chi connectivity index (χ2n) is 3.18. The van der Waals surface area contributed by atoms with Gasteiger partial charge in [-0.1, -0.05) is 11.6 Å². The number of carbonyl (C=O) groups is 2. The molecule has 0 aliphatic carbocycles. The van der Waals surface area contributed by atoms with Crippen LogP contribution in [0, 0.1) is 5.82 Å².